The van der Waals surface area contributed by atoms with Gasteiger partial charge in [0.2, 0.25) is 5.91 Å². The molecule has 1 saturated heterocycles. The van der Waals surface area contributed by atoms with E-state index in [9.17, 15) is 14.4 Å². The Morgan fingerprint density at radius 3 is 1.93 bits per heavy atom. The van der Waals surface area contributed by atoms with Crippen molar-refractivity contribution >= 4 is 17.8 Å². The molecule has 6 nitrogen and oxygen atoms in total. The van der Waals surface area contributed by atoms with E-state index in [1.54, 1.807) is 11.8 Å². The lowest BCUT2D eigenvalue weighted by Crippen LogP contribution is -2.52. The van der Waals surface area contributed by atoms with E-state index in [-0.39, 0.29) is 5.91 Å². The van der Waals surface area contributed by atoms with E-state index in [0.717, 1.165) is 0 Å². The van der Waals surface area contributed by atoms with Crippen LogP contribution in [0.5, 0.6) is 0 Å². The molecule has 1 aliphatic heterocycles. The fourth-order valence-corrected chi connectivity index (χ4v) is 1.52. The van der Waals surface area contributed by atoms with E-state index >= 15 is 0 Å². The lowest BCUT2D eigenvalue weighted by Gasteiger charge is -2.33. The van der Waals surface area contributed by atoms with E-state index in [1.165, 1.54) is 4.90 Å². The third-order valence-electron chi connectivity index (χ3n) is 2.40. The Morgan fingerprint density at radius 2 is 1.53 bits per heavy atom. The van der Waals surface area contributed by atoms with Crippen molar-refractivity contribution in [3.8, 4) is 0 Å². The fraction of sp³-hybridized carbons (Fsp3) is 0.667. The molecule has 0 aromatic heterocycles. The molecule has 0 aliphatic carbocycles. The van der Waals surface area contributed by atoms with Crippen molar-refractivity contribution in [1.82, 2.24) is 9.80 Å². The molecule has 0 bridgehead atoms. The summed E-state index contributed by atoms with van der Waals surface area (Å²) in [5.41, 5.74) is 0. The third-order valence-corrected chi connectivity index (χ3v) is 2.40. The molecule has 1 heterocycles. The Hall–Kier alpha value is -1.59. The van der Waals surface area contributed by atoms with Crippen molar-refractivity contribution in [3.63, 3.8) is 0 Å². The molecular formula is C9H14N2O4. The molecule has 2 amide bonds. The Balaban J connectivity index is 2.46. The van der Waals surface area contributed by atoms with Gasteiger partial charge in [0.25, 0.3) is 0 Å². The molecule has 1 rings (SSSR count). The maximum atomic E-state index is 11.3. The van der Waals surface area contributed by atoms with Crippen LogP contribution in [0, 0.1) is 0 Å². The summed E-state index contributed by atoms with van der Waals surface area (Å²) >= 11 is 0. The Labute approximate surface area is 87.5 Å². The Morgan fingerprint density at radius 1 is 1.07 bits per heavy atom. The number of nitrogens with zero attached hydrogens (tertiary/aromatic N) is 2. The van der Waals surface area contributed by atoms with Crippen molar-refractivity contribution in [2.45, 2.75) is 13.3 Å². The standard InChI is InChI=1S/C9H14N2O4/c1-2-7(12)10-3-5-11(6-4-10)8(13)9(14)15/h2-6H2,1H3,(H,14,15). The smallest absolute Gasteiger partial charge is 0.394 e. The van der Waals surface area contributed by atoms with Crippen molar-refractivity contribution in [1.29, 1.82) is 0 Å². The van der Waals surface area contributed by atoms with Crippen molar-refractivity contribution in [2.75, 3.05) is 26.2 Å². The monoisotopic (exact) mass is 214 g/mol. The first-order chi connectivity index (χ1) is 7.06. The number of piperazine rings is 1. The zero-order valence-corrected chi connectivity index (χ0v) is 8.60. The van der Waals surface area contributed by atoms with E-state index < -0.39 is 11.9 Å². The molecule has 1 N–H and O–H groups in total. The number of carbonyl (C=O) groups excluding carboxylic acids is 2. The lowest BCUT2D eigenvalue weighted by atomic mass is 10.3. The van der Waals surface area contributed by atoms with Gasteiger partial charge in [-0.15, -0.1) is 0 Å². The molecule has 0 unspecified atom stereocenters. The van der Waals surface area contributed by atoms with Gasteiger partial charge in [-0.1, -0.05) is 6.92 Å². The maximum absolute atomic E-state index is 11.3. The van der Waals surface area contributed by atoms with Crippen LogP contribution >= 0.6 is 0 Å². The van der Waals surface area contributed by atoms with E-state index in [4.69, 9.17) is 5.11 Å². The minimum atomic E-state index is -1.44. The number of hydrogen-bond acceptors (Lipinski definition) is 3. The molecule has 0 aromatic rings. The molecular weight excluding hydrogens is 200 g/mol. The van der Waals surface area contributed by atoms with Crippen LogP contribution in [0.3, 0.4) is 0 Å². The molecule has 0 atom stereocenters. The summed E-state index contributed by atoms with van der Waals surface area (Å²) in [6.45, 7) is 3.22. The number of rotatable bonds is 1. The number of carboxylic acids is 1. The molecule has 1 fully saturated rings. The molecule has 0 aromatic carbocycles. The average Bonchev–Trinajstić information content (AvgIpc) is 2.27. The van der Waals surface area contributed by atoms with Gasteiger partial charge in [0.1, 0.15) is 0 Å². The van der Waals surface area contributed by atoms with Crippen molar-refractivity contribution in [2.24, 2.45) is 0 Å². The van der Waals surface area contributed by atoms with Gasteiger partial charge < -0.3 is 14.9 Å². The van der Waals surface area contributed by atoms with Crippen LogP contribution in [0.1, 0.15) is 13.3 Å². The van der Waals surface area contributed by atoms with E-state index in [2.05, 4.69) is 0 Å². The van der Waals surface area contributed by atoms with Gasteiger partial charge in [0.05, 0.1) is 0 Å². The predicted molar refractivity (Wildman–Crippen MR) is 51.1 cm³/mol. The molecule has 1 aliphatic rings. The highest BCUT2D eigenvalue weighted by atomic mass is 16.4. The third kappa shape index (κ3) is 2.68. The normalized spacial score (nSPS) is 16.3. The lowest BCUT2D eigenvalue weighted by molar-refractivity contribution is -0.157. The summed E-state index contributed by atoms with van der Waals surface area (Å²) in [6.07, 6.45) is 0.437. The van der Waals surface area contributed by atoms with Gasteiger partial charge in [0, 0.05) is 32.6 Å². The number of amides is 2. The summed E-state index contributed by atoms with van der Waals surface area (Å²) in [7, 11) is 0. The zero-order chi connectivity index (χ0) is 11.4. The average molecular weight is 214 g/mol. The highest BCUT2D eigenvalue weighted by Crippen LogP contribution is 2.03. The number of hydrogen-bond donors (Lipinski definition) is 1. The summed E-state index contributed by atoms with van der Waals surface area (Å²) in [4.78, 5) is 35.6. The quantitative estimate of drug-likeness (QED) is 0.577. The minimum Gasteiger partial charge on any atom is -0.474 e. The van der Waals surface area contributed by atoms with E-state index in [0.29, 0.717) is 32.6 Å². The first-order valence-electron chi connectivity index (χ1n) is 4.86. The highest BCUT2D eigenvalue weighted by Gasteiger charge is 2.26. The summed E-state index contributed by atoms with van der Waals surface area (Å²) in [5, 5.41) is 8.48. The Kier molecular flexibility index (Phi) is 3.65. The molecule has 15 heavy (non-hydrogen) atoms. The largest absolute Gasteiger partial charge is 0.474 e. The van der Waals surface area contributed by atoms with Gasteiger partial charge in [-0.2, -0.15) is 0 Å². The first kappa shape index (κ1) is 11.5. The number of aliphatic carboxylic acids is 1. The first-order valence-corrected chi connectivity index (χ1v) is 4.86. The van der Waals surface area contributed by atoms with Crippen molar-refractivity contribution in [3.05, 3.63) is 0 Å². The van der Waals surface area contributed by atoms with Gasteiger partial charge in [-0.3, -0.25) is 9.59 Å². The second kappa shape index (κ2) is 4.77. The highest BCUT2D eigenvalue weighted by molar-refractivity contribution is 6.31. The topological polar surface area (TPSA) is 77.9 Å². The maximum Gasteiger partial charge on any atom is 0.394 e. The molecule has 6 heteroatoms. The predicted octanol–water partition coefficient (Wildman–Crippen LogP) is -0.848. The van der Waals surface area contributed by atoms with Crippen LogP contribution < -0.4 is 0 Å². The van der Waals surface area contributed by atoms with Crippen LogP contribution in [-0.4, -0.2) is 58.9 Å². The van der Waals surface area contributed by atoms with Crippen LogP contribution in [-0.2, 0) is 14.4 Å². The van der Waals surface area contributed by atoms with Gasteiger partial charge in [-0.25, -0.2) is 4.79 Å². The second-order valence-corrected chi connectivity index (χ2v) is 3.33. The van der Waals surface area contributed by atoms with Gasteiger partial charge in [-0.05, 0) is 0 Å². The van der Waals surface area contributed by atoms with Crippen LogP contribution in [0.25, 0.3) is 0 Å². The number of carboxylic acid groups (broad SMARTS) is 1. The second-order valence-electron chi connectivity index (χ2n) is 3.33. The minimum absolute atomic E-state index is 0.0393. The van der Waals surface area contributed by atoms with Crippen molar-refractivity contribution < 1.29 is 19.5 Å². The van der Waals surface area contributed by atoms with Gasteiger partial charge in [0.15, 0.2) is 0 Å². The van der Waals surface area contributed by atoms with Crippen LogP contribution in [0.15, 0.2) is 0 Å². The molecule has 84 valence electrons. The SMILES string of the molecule is CCC(=O)N1CCN(C(=O)C(=O)O)CC1. The summed E-state index contributed by atoms with van der Waals surface area (Å²) < 4.78 is 0. The summed E-state index contributed by atoms with van der Waals surface area (Å²) in [5.74, 6) is -2.29. The van der Waals surface area contributed by atoms with Gasteiger partial charge >= 0.3 is 11.9 Å². The zero-order valence-electron chi connectivity index (χ0n) is 8.60. The molecule has 0 saturated carbocycles. The number of carbonyl (C=O) groups is 3. The van der Waals surface area contributed by atoms with E-state index in [1.807, 2.05) is 0 Å². The Bertz CT molecular complexity index is 282. The van der Waals surface area contributed by atoms with Crippen LogP contribution in [0.2, 0.25) is 0 Å². The fourth-order valence-electron chi connectivity index (χ4n) is 1.52. The molecule has 0 spiro atoms. The van der Waals surface area contributed by atoms with Crippen LogP contribution in [0.4, 0.5) is 0 Å². The molecule has 0 radical (unpaired) electrons. The summed E-state index contributed by atoms with van der Waals surface area (Å²) in [6, 6.07) is 0.